The third kappa shape index (κ3) is 2.24. The van der Waals surface area contributed by atoms with E-state index in [9.17, 15) is 17.1 Å². The van der Waals surface area contributed by atoms with Crippen LogP contribution in [0.3, 0.4) is 0 Å². The Morgan fingerprint density at radius 2 is 2.00 bits per heavy atom. The predicted molar refractivity (Wildman–Crippen MR) is 50.8 cm³/mol. The molecular weight excluding hydrogens is 225 g/mol. The lowest BCUT2D eigenvalue weighted by Crippen LogP contribution is -2.06. The zero-order valence-corrected chi connectivity index (χ0v) is 8.51. The van der Waals surface area contributed by atoms with Crippen molar-refractivity contribution in [2.24, 2.45) is 0 Å². The first-order valence-electron chi connectivity index (χ1n) is 3.81. The monoisotopic (exact) mass is 233 g/mol. The molecule has 0 aliphatic rings. The Balaban J connectivity index is 3.57. The first-order chi connectivity index (χ1) is 6.73. The summed E-state index contributed by atoms with van der Waals surface area (Å²) in [6, 6.07) is 1.63. The Labute approximate surface area is 85.5 Å². The number of nitrogens with two attached hydrogens (primary N) is 1. The minimum Gasteiger partial charge on any atom is -0.478 e. The molecule has 1 rings (SSSR count). The smallest absolute Gasteiger partial charge is 0.336 e. The van der Waals surface area contributed by atoms with E-state index in [1.165, 1.54) is 6.92 Å². The van der Waals surface area contributed by atoms with E-state index in [0.717, 1.165) is 12.1 Å². The van der Waals surface area contributed by atoms with E-state index in [4.69, 9.17) is 10.8 Å². The summed E-state index contributed by atoms with van der Waals surface area (Å²) in [6.45, 7) is 1.41. The number of carboxylic acids is 1. The van der Waals surface area contributed by atoms with Crippen molar-refractivity contribution in [1.29, 1.82) is 0 Å². The molecule has 0 unspecified atom stereocenters. The van der Waals surface area contributed by atoms with Gasteiger partial charge in [-0.1, -0.05) is 0 Å². The van der Waals surface area contributed by atoms with Gasteiger partial charge in [0.1, 0.15) is 4.90 Å². The van der Waals surface area contributed by atoms with Crippen LogP contribution >= 0.6 is 0 Å². The average molecular weight is 233 g/mol. The quantitative estimate of drug-likeness (QED) is 0.585. The Bertz CT molecular complexity index is 524. The number of carboxylic acid groups (broad SMARTS) is 1. The molecule has 3 N–H and O–H groups in total. The van der Waals surface area contributed by atoms with Crippen LogP contribution in [-0.2, 0) is 10.2 Å². The van der Waals surface area contributed by atoms with Crippen molar-refractivity contribution in [3.8, 4) is 0 Å². The van der Waals surface area contributed by atoms with Crippen molar-refractivity contribution in [1.82, 2.24) is 0 Å². The number of carbonyl (C=O) groups is 1. The van der Waals surface area contributed by atoms with Crippen LogP contribution in [0.25, 0.3) is 0 Å². The van der Waals surface area contributed by atoms with Crippen LogP contribution in [0.2, 0.25) is 0 Å². The molecular formula is C8H8FNO4S. The maximum absolute atomic E-state index is 12.6. The largest absolute Gasteiger partial charge is 0.478 e. The second-order valence-corrected chi connectivity index (χ2v) is 4.28. The van der Waals surface area contributed by atoms with Gasteiger partial charge in [-0.3, -0.25) is 0 Å². The zero-order chi connectivity index (χ0) is 11.8. The molecule has 0 heterocycles. The summed E-state index contributed by atoms with van der Waals surface area (Å²) < 4.78 is 33.7. The van der Waals surface area contributed by atoms with Crippen molar-refractivity contribution in [3.63, 3.8) is 0 Å². The van der Waals surface area contributed by atoms with Gasteiger partial charge in [-0.15, -0.1) is 3.89 Å². The van der Waals surface area contributed by atoms with E-state index < -0.39 is 21.1 Å². The summed E-state index contributed by atoms with van der Waals surface area (Å²) in [5.74, 6) is -1.36. The van der Waals surface area contributed by atoms with Gasteiger partial charge in [-0.05, 0) is 24.6 Å². The van der Waals surface area contributed by atoms with Crippen LogP contribution in [0, 0.1) is 6.92 Å². The third-order valence-corrected chi connectivity index (χ3v) is 2.73. The topological polar surface area (TPSA) is 97.5 Å². The Morgan fingerprint density at radius 3 is 2.40 bits per heavy atom. The van der Waals surface area contributed by atoms with Gasteiger partial charge in [0, 0.05) is 5.69 Å². The number of nitrogen functional groups attached to an aromatic ring is 1. The number of anilines is 1. The Kier molecular flexibility index (Phi) is 2.67. The van der Waals surface area contributed by atoms with Gasteiger partial charge in [0.2, 0.25) is 0 Å². The van der Waals surface area contributed by atoms with Crippen molar-refractivity contribution in [2.75, 3.05) is 5.73 Å². The lowest BCUT2D eigenvalue weighted by Gasteiger charge is -2.06. The Hall–Kier alpha value is -1.63. The molecule has 0 aliphatic carbocycles. The highest BCUT2D eigenvalue weighted by molar-refractivity contribution is 7.86. The molecule has 1 aromatic rings. The van der Waals surface area contributed by atoms with Gasteiger partial charge >= 0.3 is 16.2 Å². The number of benzene rings is 1. The normalized spacial score (nSPS) is 11.3. The van der Waals surface area contributed by atoms with Crippen LogP contribution in [-0.4, -0.2) is 19.5 Å². The van der Waals surface area contributed by atoms with Crippen molar-refractivity contribution in [3.05, 3.63) is 23.3 Å². The molecule has 15 heavy (non-hydrogen) atoms. The van der Waals surface area contributed by atoms with Gasteiger partial charge in [0.25, 0.3) is 0 Å². The van der Waals surface area contributed by atoms with Crippen LogP contribution < -0.4 is 5.73 Å². The molecule has 1 aromatic carbocycles. The van der Waals surface area contributed by atoms with E-state index in [-0.39, 0.29) is 16.8 Å². The molecule has 0 amide bonds. The van der Waals surface area contributed by atoms with E-state index in [1.807, 2.05) is 0 Å². The summed E-state index contributed by atoms with van der Waals surface area (Å²) in [5.41, 5.74) is 5.16. The van der Waals surface area contributed by atoms with Gasteiger partial charge in [0.15, 0.2) is 0 Å². The standard InChI is InChI=1S/C8H8FNO4S/c1-4-6(8(11)12)2-5(3-7(4)10)15(9,13)14/h2-3H,10H2,1H3,(H,11,12). The number of halogens is 1. The maximum Gasteiger partial charge on any atom is 0.336 e. The molecule has 0 fully saturated rings. The Morgan fingerprint density at radius 1 is 1.47 bits per heavy atom. The SMILES string of the molecule is Cc1c(N)cc(S(=O)(=O)F)cc1C(=O)O. The van der Waals surface area contributed by atoms with Crippen LogP contribution in [0.4, 0.5) is 9.57 Å². The lowest BCUT2D eigenvalue weighted by molar-refractivity contribution is 0.0696. The van der Waals surface area contributed by atoms with Gasteiger partial charge < -0.3 is 10.8 Å². The fourth-order valence-electron chi connectivity index (χ4n) is 1.07. The first-order valence-corrected chi connectivity index (χ1v) is 5.20. The molecule has 7 heteroatoms. The molecule has 5 nitrogen and oxygen atoms in total. The molecule has 0 spiro atoms. The summed E-state index contributed by atoms with van der Waals surface area (Å²) in [7, 11) is -4.94. The van der Waals surface area contributed by atoms with Gasteiger partial charge in [0.05, 0.1) is 5.56 Å². The molecule has 0 aliphatic heterocycles. The fraction of sp³-hybridized carbons (Fsp3) is 0.125. The molecule has 0 atom stereocenters. The second kappa shape index (κ2) is 3.50. The van der Waals surface area contributed by atoms with E-state index in [1.54, 1.807) is 0 Å². The summed E-state index contributed by atoms with van der Waals surface area (Å²) >= 11 is 0. The summed E-state index contributed by atoms with van der Waals surface area (Å²) in [5, 5.41) is 8.71. The van der Waals surface area contributed by atoms with Crippen molar-refractivity contribution < 1.29 is 22.2 Å². The van der Waals surface area contributed by atoms with Gasteiger partial charge in [-0.25, -0.2) is 4.79 Å². The van der Waals surface area contributed by atoms with E-state index >= 15 is 0 Å². The lowest BCUT2D eigenvalue weighted by atomic mass is 10.1. The molecule has 0 saturated carbocycles. The highest BCUT2D eigenvalue weighted by Crippen LogP contribution is 2.23. The summed E-state index contributed by atoms with van der Waals surface area (Å²) in [6.07, 6.45) is 0. The minimum atomic E-state index is -4.94. The van der Waals surface area contributed by atoms with E-state index in [2.05, 4.69) is 0 Å². The highest BCUT2D eigenvalue weighted by atomic mass is 32.3. The van der Waals surface area contributed by atoms with Crippen LogP contribution in [0.1, 0.15) is 15.9 Å². The molecule has 0 saturated heterocycles. The summed E-state index contributed by atoms with van der Waals surface area (Å²) in [4.78, 5) is 9.93. The number of rotatable bonds is 2. The first kappa shape index (κ1) is 11.4. The third-order valence-electron chi connectivity index (χ3n) is 1.93. The number of hydrogen-bond donors (Lipinski definition) is 2. The fourth-order valence-corrected chi connectivity index (χ4v) is 1.60. The number of aromatic carboxylic acids is 1. The maximum atomic E-state index is 12.6. The zero-order valence-electron chi connectivity index (χ0n) is 7.69. The molecule has 0 bridgehead atoms. The van der Waals surface area contributed by atoms with Crippen LogP contribution in [0.5, 0.6) is 0 Å². The van der Waals surface area contributed by atoms with Crippen molar-refractivity contribution >= 4 is 21.9 Å². The van der Waals surface area contributed by atoms with E-state index in [0.29, 0.717) is 0 Å². The highest BCUT2D eigenvalue weighted by Gasteiger charge is 2.18. The molecule has 0 aromatic heterocycles. The minimum absolute atomic E-state index is 0.0777. The average Bonchev–Trinajstić information content (AvgIpc) is 2.06. The van der Waals surface area contributed by atoms with Crippen molar-refractivity contribution in [2.45, 2.75) is 11.8 Å². The number of hydrogen-bond acceptors (Lipinski definition) is 4. The van der Waals surface area contributed by atoms with Crippen LogP contribution in [0.15, 0.2) is 17.0 Å². The predicted octanol–water partition coefficient (Wildman–Crippen LogP) is 0.934. The van der Waals surface area contributed by atoms with Gasteiger partial charge in [-0.2, -0.15) is 8.42 Å². The molecule has 82 valence electrons. The molecule has 0 radical (unpaired) electrons. The second-order valence-electron chi connectivity index (χ2n) is 2.93.